The molecule has 2 N–H and O–H groups in total. The molecule has 0 saturated carbocycles. The molecule has 2 aromatic rings. The number of hydrogen-bond donors (Lipinski definition) is 2. The minimum atomic E-state index is 0.0383. The average molecular weight is 286 g/mol. The van der Waals surface area contributed by atoms with E-state index in [-0.39, 0.29) is 11.9 Å². The van der Waals surface area contributed by atoms with E-state index in [1.54, 1.807) is 12.4 Å². The van der Waals surface area contributed by atoms with Gasteiger partial charge in [-0.1, -0.05) is 11.3 Å². The van der Waals surface area contributed by atoms with E-state index in [1.807, 2.05) is 32.1 Å². The van der Waals surface area contributed by atoms with Crippen molar-refractivity contribution < 1.29 is 5.11 Å². The van der Waals surface area contributed by atoms with Gasteiger partial charge in [-0.05, 0) is 32.1 Å². The van der Waals surface area contributed by atoms with Crippen molar-refractivity contribution in [3.63, 3.8) is 0 Å². The first-order valence-electron chi connectivity index (χ1n) is 6.31. The number of aromatic nitrogens is 2. The molecule has 3 heterocycles. The van der Waals surface area contributed by atoms with E-state index >= 15 is 0 Å². The van der Waals surface area contributed by atoms with Crippen LogP contribution >= 0.6 is 11.3 Å². The third-order valence-corrected chi connectivity index (χ3v) is 3.68. The van der Waals surface area contributed by atoms with Crippen molar-refractivity contribution in [2.75, 3.05) is 5.32 Å². The zero-order valence-electron chi connectivity index (χ0n) is 11.2. The summed E-state index contributed by atoms with van der Waals surface area (Å²) in [7, 11) is 0. The van der Waals surface area contributed by atoms with Crippen molar-refractivity contribution in [1.82, 2.24) is 9.97 Å². The SMILES string of the molecule is CC(C)Nc1nc(O)c(/C=C2/C=Nc3ncccc32)s1. The zero-order valence-corrected chi connectivity index (χ0v) is 12.0. The van der Waals surface area contributed by atoms with Crippen LogP contribution in [0.25, 0.3) is 11.6 Å². The van der Waals surface area contributed by atoms with Gasteiger partial charge < -0.3 is 10.4 Å². The highest BCUT2D eigenvalue weighted by Crippen LogP contribution is 2.35. The lowest BCUT2D eigenvalue weighted by Crippen LogP contribution is -2.08. The molecule has 0 spiro atoms. The Hall–Kier alpha value is -2.21. The predicted molar refractivity (Wildman–Crippen MR) is 82.8 cm³/mol. The molecule has 2 aromatic heterocycles. The molecule has 0 radical (unpaired) electrons. The van der Waals surface area contributed by atoms with Crippen LogP contribution in [0.3, 0.4) is 0 Å². The van der Waals surface area contributed by atoms with Crippen LogP contribution in [0.2, 0.25) is 0 Å². The second kappa shape index (κ2) is 5.05. The monoisotopic (exact) mass is 286 g/mol. The van der Waals surface area contributed by atoms with Gasteiger partial charge in [0.15, 0.2) is 10.9 Å². The van der Waals surface area contributed by atoms with Crippen LogP contribution in [0.1, 0.15) is 24.3 Å². The maximum Gasteiger partial charge on any atom is 0.231 e. The minimum absolute atomic E-state index is 0.0383. The van der Waals surface area contributed by atoms with Crippen molar-refractivity contribution in [3.8, 4) is 5.88 Å². The maximum absolute atomic E-state index is 9.91. The van der Waals surface area contributed by atoms with E-state index in [4.69, 9.17) is 0 Å². The highest BCUT2D eigenvalue weighted by atomic mass is 32.1. The van der Waals surface area contributed by atoms with Gasteiger partial charge in [-0.15, -0.1) is 0 Å². The fourth-order valence-electron chi connectivity index (χ4n) is 1.91. The average Bonchev–Trinajstić information content (AvgIpc) is 2.95. The lowest BCUT2D eigenvalue weighted by atomic mass is 10.1. The van der Waals surface area contributed by atoms with Gasteiger partial charge in [-0.3, -0.25) is 0 Å². The Bertz CT molecular complexity index is 703. The Balaban J connectivity index is 1.94. The smallest absolute Gasteiger partial charge is 0.231 e. The lowest BCUT2D eigenvalue weighted by Gasteiger charge is -2.03. The third-order valence-electron chi connectivity index (χ3n) is 2.76. The molecule has 3 rings (SSSR count). The Morgan fingerprint density at radius 1 is 1.40 bits per heavy atom. The molecular weight excluding hydrogens is 272 g/mol. The molecule has 0 amide bonds. The van der Waals surface area contributed by atoms with Gasteiger partial charge in [-0.2, -0.15) is 4.98 Å². The molecule has 6 heteroatoms. The number of allylic oxidation sites excluding steroid dienone is 1. The van der Waals surface area contributed by atoms with E-state index in [9.17, 15) is 5.11 Å². The predicted octanol–water partition coefficient (Wildman–Crippen LogP) is 3.32. The molecule has 0 aromatic carbocycles. The van der Waals surface area contributed by atoms with Gasteiger partial charge in [0.1, 0.15) is 0 Å². The van der Waals surface area contributed by atoms with E-state index in [0.29, 0.717) is 15.8 Å². The molecular formula is C14H14N4OS. The molecule has 0 unspecified atom stereocenters. The summed E-state index contributed by atoms with van der Waals surface area (Å²) in [6.45, 7) is 4.06. The van der Waals surface area contributed by atoms with Gasteiger partial charge in [0.25, 0.3) is 0 Å². The summed E-state index contributed by atoms with van der Waals surface area (Å²) in [4.78, 5) is 13.3. The van der Waals surface area contributed by atoms with E-state index in [2.05, 4.69) is 20.3 Å². The van der Waals surface area contributed by atoms with Gasteiger partial charge in [0.05, 0.1) is 4.88 Å². The van der Waals surface area contributed by atoms with Crippen molar-refractivity contribution in [2.24, 2.45) is 4.99 Å². The topological polar surface area (TPSA) is 70.4 Å². The summed E-state index contributed by atoms with van der Waals surface area (Å²) in [6.07, 6.45) is 5.36. The van der Waals surface area contributed by atoms with Gasteiger partial charge in [0.2, 0.25) is 5.88 Å². The lowest BCUT2D eigenvalue weighted by molar-refractivity contribution is 0.456. The molecule has 0 aliphatic carbocycles. The second-order valence-corrected chi connectivity index (χ2v) is 5.77. The van der Waals surface area contributed by atoms with E-state index < -0.39 is 0 Å². The second-order valence-electron chi connectivity index (χ2n) is 4.74. The molecule has 1 aliphatic rings. The number of nitrogens with zero attached hydrogens (tertiary/aromatic N) is 3. The summed E-state index contributed by atoms with van der Waals surface area (Å²) >= 11 is 1.42. The number of thiazole rings is 1. The van der Waals surface area contributed by atoms with Crippen LogP contribution in [0.4, 0.5) is 10.9 Å². The van der Waals surface area contributed by atoms with Crippen molar-refractivity contribution in [3.05, 3.63) is 28.8 Å². The number of hydrogen-bond acceptors (Lipinski definition) is 6. The van der Waals surface area contributed by atoms with Crippen LogP contribution in [-0.2, 0) is 0 Å². The fraction of sp³-hybridized carbons (Fsp3) is 0.214. The number of rotatable bonds is 3. The third kappa shape index (κ3) is 2.42. The van der Waals surface area contributed by atoms with Gasteiger partial charge >= 0.3 is 0 Å². The number of aromatic hydroxyl groups is 1. The molecule has 0 saturated heterocycles. The first-order valence-corrected chi connectivity index (χ1v) is 7.12. The Kier molecular flexibility index (Phi) is 3.23. The van der Waals surface area contributed by atoms with Gasteiger partial charge in [0, 0.05) is 29.6 Å². The molecule has 0 bridgehead atoms. The standard InChI is InChI=1S/C14H14N4OS/c1-8(2)17-14-18-13(19)11(20-14)6-9-7-16-12-10(9)4-3-5-15-12/h3-8,19H,1-2H3,(H,17,18)/b9-6-. The summed E-state index contributed by atoms with van der Waals surface area (Å²) in [5.74, 6) is 0.750. The summed E-state index contributed by atoms with van der Waals surface area (Å²) in [6, 6.07) is 4.12. The summed E-state index contributed by atoms with van der Waals surface area (Å²) < 4.78 is 0. The number of aliphatic imine (C=N–C) groups is 1. The number of anilines is 1. The van der Waals surface area contributed by atoms with Crippen molar-refractivity contribution >= 4 is 40.1 Å². The highest BCUT2D eigenvalue weighted by molar-refractivity contribution is 7.16. The van der Waals surface area contributed by atoms with Crippen LogP contribution in [0.15, 0.2) is 23.3 Å². The van der Waals surface area contributed by atoms with E-state index in [1.165, 1.54) is 11.3 Å². The molecule has 5 nitrogen and oxygen atoms in total. The number of pyridine rings is 1. The minimum Gasteiger partial charge on any atom is -0.492 e. The summed E-state index contributed by atoms with van der Waals surface area (Å²) in [5.41, 5.74) is 1.90. The quantitative estimate of drug-likeness (QED) is 0.908. The Labute approximate surface area is 120 Å². The van der Waals surface area contributed by atoms with Crippen molar-refractivity contribution in [1.29, 1.82) is 0 Å². The molecule has 102 valence electrons. The maximum atomic E-state index is 9.91. The molecule has 0 atom stereocenters. The van der Waals surface area contributed by atoms with Crippen LogP contribution < -0.4 is 5.32 Å². The van der Waals surface area contributed by atoms with Crippen LogP contribution in [0, 0.1) is 0 Å². The largest absolute Gasteiger partial charge is 0.492 e. The zero-order chi connectivity index (χ0) is 14.1. The normalized spacial score (nSPS) is 15.1. The number of nitrogens with one attached hydrogen (secondary N) is 1. The van der Waals surface area contributed by atoms with Crippen molar-refractivity contribution in [2.45, 2.75) is 19.9 Å². The van der Waals surface area contributed by atoms with Crippen LogP contribution in [0.5, 0.6) is 5.88 Å². The number of fused-ring (bicyclic) bond motifs is 1. The molecule has 1 aliphatic heterocycles. The Morgan fingerprint density at radius 2 is 2.25 bits per heavy atom. The van der Waals surface area contributed by atoms with Crippen LogP contribution in [-0.4, -0.2) is 27.3 Å². The Morgan fingerprint density at radius 3 is 3.05 bits per heavy atom. The van der Waals surface area contributed by atoms with E-state index in [0.717, 1.165) is 11.1 Å². The first-order chi connectivity index (χ1) is 9.63. The summed E-state index contributed by atoms with van der Waals surface area (Å²) in [5, 5.41) is 13.8. The highest BCUT2D eigenvalue weighted by Gasteiger charge is 2.15. The fourth-order valence-corrected chi connectivity index (χ4v) is 2.87. The molecule has 20 heavy (non-hydrogen) atoms. The van der Waals surface area contributed by atoms with Gasteiger partial charge in [-0.25, -0.2) is 9.98 Å². The molecule has 0 fully saturated rings. The first kappa shape index (κ1) is 12.8.